The average molecular weight is 335 g/mol. The van der Waals surface area contributed by atoms with Crippen LogP contribution in [-0.4, -0.2) is 27.5 Å². The summed E-state index contributed by atoms with van der Waals surface area (Å²) < 4.78 is 40.7. The predicted molar refractivity (Wildman–Crippen MR) is 84.6 cm³/mol. The molecule has 2 aromatic carbocycles. The van der Waals surface area contributed by atoms with E-state index in [0.29, 0.717) is 0 Å². The van der Waals surface area contributed by atoms with Crippen molar-refractivity contribution in [2.45, 2.75) is 18.3 Å². The second-order valence-electron chi connectivity index (χ2n) is 5.60. The van der Waals surface area contributed by atoms with Crippen LogP contribution in [0.3, 0.4) is 0 Å². The Morgan fingerprint density at radius 1 is 1.00 bits per heavy atom. The van der Waals surface area contributed by atoms with Crippen LogP contribution in [0.15, 0.2) is 60.8 Å². The van der Waals surface area contributed by atoms with Gasteiger partial charge >= 0.3 is 6.18 Å². The fourth-order valence-electron chi connectivity index (χ4n) is 2.91. The lowest BCUT2D eigenvalue weighted by Crippen LogP contribution is -2.28. The van der Waals surface area contributed by atoms with Gasteiger partial charge in [0.25, 0.3) is 0 Å². The van der Waals surface area contributed by atoms with Gasteiger partial charge in [-0.15, -0.1) is 0 Å². The van der Waals surface area contributed by atoms with E-state index in [1.165, 1.54) is 12.1 Å². The first-order chi connectivity index (χ1) is 11.4. The van der Waals surface area contributed by atoms with Crippen LogP contribution in [0.5, 0.6) is 0 Å². The van der Waals surface area contributed by atoms with Gasteiger partial charge in [-0.3, -0.25) is 0 Å². The van der Waals surface area contributed by atoms with Crippen LogP contribution >= 0.6 is 0 Å². The summed E-state index contributed by atoms with van der Waals surface area (Å²) in [5, 5.41) is 20.5. The molecule has 24 heavy (non-hydrogen) atoms. The predicted octanol–water partition coefficient (Wildman–Crippen LogP) is 3.60. The number of hydrogen-bond donors (Lipinski definition) is 2. The van der Waals surface area contributed by atoms with E-state index in [-0.39, 0.29) is 5.56 Å². The second kappa shape index (κ2) is 6.30. The molecule has 0 aliphatic heterocycles. The number of aliphatic hydroxyl groups is 2. The van der Waals surface area contributed by atoms with Crippen molar-refractivity contribution in [1.82, 2.24) is 4.57 Å². The van der Waals surface area contributed by atoms with Gasteiger partial charge in [-0.2, -0.15) is 13.2 Å². The van der Waals surface area contributed by atoms with Crippen LogP contribution in [0, 0.1) is 0 Å². The number of rotatable bonds is 4. The van der Waals surface area contributed by atoms with Crippen molar-refractivity contribution in [2.75, 3.05) is 6.61 Å². The van der Waals surface area contributed by atoms with Crippen LogP contribution in [-0.2, 0) is 6.18 Å². The van der Waals surface area contributed by atoms with Gasteiger partial charge < -0.3 is 14.8 Å². The van der Waals surface area contributed by atoms with Gasteiger partial charge in [0, 0.05) is 11.7 Å². The van der Waals surface area contributed by atoms with Gasteiger partial charge in [0.15, 0.2) is 0 Å². The molecular formula is C18H16F3NO2. The fourth-order valence-corrected chi connectivity index (χ4v) is 2.91. The monoisotopic (exact) mass is 335 g/mol. The summed E-state index contributed by atoms with van der Waals surface area (Å²) in [5.41, 5.74) is 0.270. The number of fused-ring (bicyclic) bond motifs is 1. The van der Waals surface area contributed by atoms with Gasteiger partial charge in [0.1, 0.15) is 6.10 Å². The van der Waals surface area contributed by atoms with E-state index in [1.54, 1.807) is 10.8 Å². The number of aliphatic hydroxyl groups excluding tert-OH is 2. The minimum absolute atomic E-state index is 0.285. The number of nitrogens with zero attached hydrogens (tertiary/aromatic N) is 1. The maximum Gasteiger partial charge on any atom is 0.416 e. The smallest absolute Gasteiger partial charge is 0.394 e. The molecule has 0 amide bonds. The first-order valence-corrected chi connectivity index (χ1v) is 7.43. The molecule has 0 unspecified atom stereocenters. The summed E-state index contributed by atoms with van der Waals surface area (Å²) >= 11 is 0. The van der Waals surface area contributed by atoms with Crippen molar-refractivity contribution in [1.29, 1.82) is 0 Å². The minimum atomic E-state index is -4.47. The van der Waals surface area contributed by atoms with Gasteiger partial charge in [-0.1, -0.05) is 30.3 Å². The van der Waals surface area contributed by atoms with E-state index in [0.717, 1.165) is 23.0 Å². The lowest BCUT2D eigenvalue weighted by molar-refractivity contribution is -0.137. The zero-order valence-electron chi connectivity index (χ0n) is 12.6. The Kier molecular flexibility index (Phi) is 4.34. The highest BCUT2D eigenvalue weighted by Gasteiger charge is 2.32. The molecule has 1 aromatic heterocycles. The number of halogens is 3. The SMILES string of the molecule is OC[C@@H](O)[C@H](c1cccc(C(F)(F)F)c1)n1ccc2ccccc21. The van der Waals surface area contributed by atoms with E-state index in [9.17, 15) is 23.4 Å². The molecule has 0 bridgehead atoms. The normalized spacial score (nSPS) is 14.7. The third-order valence-electron chi connectivity index (χ3n) is 4.04. The second-order valence-corrected chi connectivity index (χ2v) is 5.60. The molecule has 0 aliphatic rings. The zero-order valence-corrected chi connectivity index (χ0v) is 12.6. The summed E-state index contributed by atoms with van der Waals surface area (Å²) in [5.74, 6) is 0. The molecule has 2 atom stereocenters. The Bertz CT molecular complexity index is 841. The molecule has 1 heterocycles. The van der Waals surface area contributed by atoms with Crippen molar-refractivity contribution in [3.05, 3.63) is 71.9 Å². The number of alkyl halides is 3. The molecule has 0 radical (unpaired) electrons. The Labute approximate surface area is 136 Å². The molecule has 126 valence electrons. The van der Waals surface area contributed by atoms with Crippen LogP contribution in [0.1, 0.15) is 17.2 Å². The third kappa shape index (κ3) is 3.02. The highest BCUT2D eigenvalue weighted by molar-refractivity contribution is 5.80. The van der Waals surface area contributed by atoms with Crippen LogP contribution in [0.4, 0.5) is 13.2 Å². The molecule has 0 saturated carbocycles. The van der Waals surface area contributed by atoms with Crippen molar-refractivity contribution >= 4 is 10.9 Å². The van der Waals surface area contributed by atoms with Gasteiger partial charge in [-0.25, -0.2) is 0 Å². The van der Waals surface area contributed by atoms with Crippen LogP contribution in [0.2, 0.25) is 0 Å². The summed E-state index contributed by atoms with van der Waals surface area (Å²) in [7, 11) is 0. The minimum Gasteiger partial charge on any atom is -0.394 e. The molecule has 0 saturated heterocycles. The number of benzene rings is 2. The first-order valence-electron chi connectivity index (χ1n) is 7.43. The van der Waals surface area contributed by atoms with Crippen molar-refractivity contribution in [3.63, 3.8) is 0 Å². The zero-order chi connectivity index (χ0) is 17.3. The Morgan fingerprint density at radius 2 is 1.75 bits per heavy atom. The average Bonchev–Trinajstić information content (AvgIpc) is 2.98. The molecule has 3 nitrogen and oxygen atoms in total. The van der Waals surface area contributed by atoms with Crippen molar-refractivity contribution in [3.8, 4) is 0 Å². The molecule has 3 aromatic rings. The molecule has 0 aliphatic carbocycles. The fraction of sp³-hybridized carbons (Fsp3) is 0.222. The first kappa shape index (κ1) is 16.5. The van der Waals surface area contributed by atoms with Gasteiger partial charge in [0.2, 0.25) is 0 Å². The summed E-state index contributed by atoms with van der Waals surface area (Å²) in [6.07, 6.45) is -4.00. The maximum atomic E-state index is 13.0. The maximum absolute atomic E-state index is 13.0. The van der Waals surface area contributed by atoms with Crippen LogP contribution < -0.4 is 0 Å². The Hall–Kier alpha value is -2.31. The number of para-hydroxylation sites is 1. The summed E-state index contributed by atoms with van der Waals surface area (Å²) in [6.45, 7) is -0.562. The third-order valence-corrected chi connectivity index (χ3v) is 4.04. The molecule has 0 spiro atoms. The van der Waals surface area contributed by atoms with E-state index in [1.807, 2.05) is 30.3 Å². The molecule has 3 rings (SSSR count). The van der Waals surface area contributed by atoms with Gasteiger partial charge in [0.05, 0.1) is 18.2 Å². The summed E-state index contributed by atoms with van der Waals surface area (Å²) in [6, 6.07) is 13.2. The van der Waals surface area contributed by atoms with E-state index in [2.05, 4.69) is 0 Å². The molecule has 0 fully saturated rings. The topological polar surface area (TPSA) is 45.4 Å². The standard InChI is InChI=1S/C18H16F3NO2/c19-18(20,21)14-6-3-5-13(10-14)17(16(24)11-23)22-9-8-12-4-1-2-7-15(12)22/h1-10,16-17,23-24H,11H2/t16-,17+/m1/s1. The van der Waals surface area contributed by atoms with Crippen molar-refractivity contribution < 1.29 is 23.4 Å². The highest BCUT2D eigenvalue weighted by atomic mass is 19.4. The van der Waals surface area contributed by atoms with E-state index < -0.39 is 30.5 Å². The number of hydrogen-bond acceptors (Lipinski definition) is 2. The lowest BCUT2D eigenvalue weighted by atomic mass is 9.99. The quantitative estimate of drug-likeness (QED) is 0.765. The van der Waals surface area contributed by atoms with Crippen molar-refractivity contribution in [2.24, 2.45) is 0 Å². The molecule has 6 heteroatoms. The Morgan fingerprint density at radius 3 is 2.46 bits per heavy atom. The van der Waals surface area contributed by atoms with E-state index in [4.69, 9.17) is 0 Å². The van der Waals surface area contributed by atoms with Gasteiger partial charge in [-0.05, 0) is 35.2 Å². The number of aromatic nitrogens is 1. The van der Waals surface area contributed by atoms with E-state index >= 15 is 0 Å². The molecular weight excluding hydrogens is 319 g/mol. The largest absolute Gasteiger partial charge is 0.416 e. The molecule has 2 N–H and O–H groups in total. The lowest BCUT2D eigenvalue weighted by Gasteiger charge is -2.25. The van der Waals surface area contributed by atoms with Crippen LogP contribution in [0.25, 0.3) is 10.9 Å². The highest BCUT2D eigenvalue weighted by Crippen LogP contribution is 2.33. The Balaban J connectivity index is 2.15. The summed E-state index contributed by atoms with van der Waals surface area (Å²) in [4.78, 5) is 0.